The lowest BCUT2D eigenvalue weighted by molar-refractivity contribution is -0.268. The zero-order chi connectivity index (χ0) is 15.1. The van der Waals surface area contributed by atoms with E-state index in [1.165, 1.54) is 30.3 Å². The molecule has 0 unspecified atom stereocenters. The zero-order valence-electron chi connectivity index (χ0n) is 10.5. The van der Waals surface area contributed by atoms with Gasteiger partial charge in [-0.3, -0.25) is 4.79 Å². The van der Waals surface area contributed by atoms with Gasteiger partial charge in [0.2, 0.25) is 0 Å². The SMILES string of the molecule is O=c1cc(-c2ccc(O)c(O)c2)oc2c([O-])c(O)ccc12. The summed E-state index contributed by atoms with van der Waals surface area (Å²) in [7, 11) is 0. The third-order valence-corrected chi connectivity index (χ3v) is 3.09. The van der Waals surface area contributed by atoms with Gasteiger partial charge in [-0.1, -0.05) is 0 Å². The molecule has 0 saturated carbocycles. The average Bonchev–Trinajstić information content (AvgIpc) is 2.46. The molecule has 1 heterocycles. The summed E-state index contributed by atoms with van der Waals surface area (Å²) in [6.07, 6.45) is 0. The number of benzene rings is 2. The number of phenolic OH excluding ortho intramolecular Hbond substituents is 3. The molecule has 2 aromatic carbocycles. The molecule has 0 aliphatic carbocycles. The van der Waals surface area contributed by atoms with Gasteiger partial charge in [-0.15, -0.1) is 0 Å². The Morgan fingerprint density at radius 1 is 0.905 bits per heavy atom. The Labute approximate surface area is 117 Å². The van der Waals surface area contributed by atoms with Crippen molar-refractivity contribution in [3.63, 3.8) is 0 Å². The molecule has 3 rings (SSSR count). The number of aromatic hydroxyl groups is 3. The van der Waals surface area contributed by atoms with Crippen molar-refractivity contribution in [2.24, 2.45) is 0 Å². The molecule has 0 bridgehead atoms. The Kier molecular flexibility index (Phi) is 2.72. The molecule has 6 nitrogen and oxygen atoms in total. The van der Waals surface area contributed by atoms with Crippen molar-refractivity contribution in [1.82, 2.24) is 0 Å². The highest BCUT2D eigenvalue weighted by Crippen LogP contribution is 2.34. The molecule has 3 N–H and O–H groups in total. The van der Waals surface area contributed by atoms with Crippen LogP contribution in [-0.4, -0.2) is 15.3 Å². The molecule has 0 saturated heterocycles. The first-order chi connectivity index (χ1) is 9.97. The Morgan fingerprint density at radius 2 is 1.62 bits per heavy atom. The minimum Gasteiger partial charge on any atom is -0.867 e. The van der Waals surface area contributed by atoms with Gasteiger partial charge in [0.25, 0.3) is 0 Å². The molecule has 0 aliphatic rings. The monoisotopic (exact) mass is 285 g/mol. The van der Waals surface area contributed by atoms with Gasteiger partial charge in [0.15, 0.2) is 16.9 Å². The van der Waals surface area contributed by atoms with Crippen LogP contribution in [0.5, 0.6) is 23.0 Å². The maximum absolute atomic E-state index is 12.0. The molecule has 21 heavy (non-hydrogen) atoms. The van der Waals surface area contributed by atoms with Gasteiger partial charge >= 0.3 is 0 Å². The van der Waals surface area contributed by atoms with Crippen LogP contribution in [0.4, 0.5) is 0 Å². The second-order valence-electron chi connectivity index (χ2n) is 4.47. The molecule has 0 atom stereocenters. The zero-order valence-corrected chi connectivity index (χ0v) is 10.5. The minimum atomic E-state index is -0.783. The fourth-order valence-corrected chi connectivity index (χ4v) is 2.00. The van der Waals surface area contributed by atoms with Crippen molar-refractivity contribution in [2.45, 2.75) is 0 Å². The van der Waals surface area contributed by atoms with E-state index in [0.29, 0.717) is 5.56 Å². The van der Waals surface area contributed by atoms with E-state index < -0.39 is 16.9 Å². The molecule has 1 aromatic heterocycles. The maximum atomic E-state index is 12.0. The number of hydrogen-bond acceptors (Lipinski definition) is 6. The summed E-state index contributed by atoms with van der Waals surface area (Å²) in [5, 5.41) is 40.0. The summed E-state index contributed by atoms with van der Waals surface area (Å²) in [6, 6.07) is 7.46. The van der Waals surface area contributed by atoms with E-state index in [2.05, 4.69) is 0 Å². The minimum absolute atomic E-state index is 0.0468. The first-order valence-electron chi connectivity index (χ1n) is 5.96. The van der Waals surface area contributed by atoms with Crippen LogP contribution in [0.1, 0.15) is 0 Å². The molecule has 0 amide bonds. The van der Waals surface area contributed by atoms with Crippen LogP contribution in [0.2, 0.25) is 0 Å². The van der Waals surface area contributed by atoms with E-state index in [-0.39, 0.29) is 28.2 Å². The molecule has 6 heteroatoms. The van der Waals surface area contributed by atoms with Crippen LogP contribution in [-0.2, 0) is 0 Å². The van der Waals surface area contributed by atoms with Gasteiger partial charge in [0.1, 0.15) is 17.1 Å². The third-order valence-electron chi connectivity index (χ3n) is 3.09. The van der Waals surface area contributed by atoms with E-state index >= 15 is 0 Å². The lowest BCUT2D eigenvalue weighted by Gasteiger charge is -2.12. The summed E-state index contributed by atoms with van der Waals surface area (Å²) in [4.78, 5) is 12.0. The summed E-state index contributed by atoms with van der Waals surface area (Å²) in [5.74, 6) is -1.95. The van der Waals surface area contributed by atoms with E-state index in [0.717, 1.165) is 6.07 Å². The van der Waals surface area contributed by atoms with Crippen LogP contribution in [0.25, 0.3) is 22.3 Å². The Balaban J connectivity index is 2.31. The fraction of sp³-hybridized carbons (Fsp3) is 0. The largest absolute Gasteiger partial charge is 0.867 e. The summed E-state index contributed by atoms with van der Waals surface area (Å²) in [6.45, 7) is 0. The molecule has 106 valence electrons. The predicted molar refractivity (Wildman–Crippen MR) is 72.4 cm³/mol. The van der Waals surface area contributed by atoms with Gasteiger partial charge in [-0.2, -0.15) is 0 Å². The van der Waals surface area contributed by atoms with E-state index in [1.54, 1.807) is 0 Å². The molecule has 0 fully saturated rings. The molecule has 0 aliphatic heterocycles. The smallest absolute Gasteiger partial charge is 0.193 e. The summed E-state index contributed by atoms with van der Waals surface area (Å²) in [5.41, 5.74) is -0.395. The van der Waals surface area contributed by atoms with Crippen molar-refractivity contribution in [2.75, 3.05) is 0 Å². The highest BCUT2D eigenvalue weighted by atomic mass is 16.4. The average molecular weight is 285 g/mol. The highest BCUT2D eigenvalue weighted by molar-refractivity contribution is 5.85. The lowest BCUT2D eigenvalue weighted by atomic mass is 10.1. The standard InChI is InChI=1S/C15H10O6/c16-9-3-1-7(5-12(9)19)13-6-11(18)8-2-4-10(17)14(20)15(8)21-13/h1-6,16-17,19-20H/p-1. The fourth-order valence-electron chi connectivity index (χ4n) is 2.00. The van der Waals surface area contributed by atoms with Crippen molar-refractivity contribution in [3.8, 4) is 34.3 Å². The van der Waals surface area contributed by atoms with Gasteiger partial charge in [-0.05, 0) is 36.1 Å². The summed E-state index contributed by atoms with van der Waals surface area (Å²) < 4.78 is 5.37. The van der Waals surface area contributed by atoms with Crippen LogP contribution < -0.4 is 10.5 Å². The van der Waals surface area contributed by atoms with Gasteiger partial charge in [0, 0.05) is 11.6 Å². The van der Waals surface area contributed by atoms with Crippen molar-refractivity contribution in [1.29, 1.82) is 0 Å². The first-order valence-corrected chi connectivity index (χ1v) is 5.96. The van der Waals surface area contributed by atoms with Crippen LogP contribution in [0, 0.1) is 0 Å². The van der Waals surface area contributed by atoms with Crippen molar-refractivity contribution >= 4 is 11.0 Å². The lowest BCUT2D eigenvalue weighted by Crippen LogP contribution is -2.03. The molecule has 0 radical (unpaired) electrons. The number of hydrogen-bond donors (Lipinski definition) is 3. The normalized spacial score (nSPS) is 10.9. The highest BCUT2D eigenvalue weighted by Gasteiger charge is 2.10. The first kappa shape index (κ1) is 12.9. The molecule has 3 aromatic rings. The van der Waals surface area contributed by atoms with Gasteiger partial charge in [0.05, 0.1) is 5.39 Å². The third kappa shape index (κ3) is 2.02. The van der Waals surface area contributed by atoms with Crippen molar-refractivity contribution < 1.29 is 24.8 Å². The Hall–Kier alpha value is -3.15. The summed E-state index contributed by atoms with van der Waals surface area (Å²) >= 11 is 0. The van der Waals surface area contributed by atoms with E-state index in [1.807, 2.05) is 0 Å². The van der Waals surface area contributed by atoms with Crippen LogP contribution in [0.3, 0.4) is 0 Å². The Morgan fingerprint density at radius 3 is 2.33 bits per heavy atom. The second-order valence-corrected chi connectivity index (χ2v) is 4.47. The van der Waals surface area contributed by atoms with Crippen LogP contribution in [0.15, 0.2) is 45.6 Å². The topological polar surface area (TPSA) is 114 Å². The molecular formula is C15H9O6-. The molecular weight excluding hydrogens is 276 g/mol. The number of phenols is 3. The number of rotatable bonds is 1. The van der Waals surface area contributed by atoms with Crippen molar-refractivity contribution in [3.05, 3.63) is 46.6 Å². The van der Waals surface area contributed by atoms with E-state index in [4.69, 9.17) is 4.42 Å². The van der Waals surface area contributed by atoms with Gasteiger partial charge in [-0.25, -0.2) is 0 Å². The number of fused-ring (bicyclic) bond motifs is 1. The van der Waals surface area contributed by atoms with Gasteiger partial charge < -0.3 is 24.8 Å². The second kappa shape index (κ2) is 4.45. The van der Waals surface area contributed by atoms with E-state index in [9.17, 15) is 25.2 Å². The molecule has 0 spiro atoms. The maximum Gasteiger partial charge on any atom is 0.193 e. The predicted octanol–water partition coefficient (Wildman–Crippen LogP) is 1.65. The Bertz CT molecular complexity index is 910. The quantitative estimate of drug-likeness (QED) is 0.586. The van der Waals surface area contributed by atoms with Crippen LogP contribution >= 0.6 is 0 Å².